The maximum absolute atomic E-state index is 13.5. The highest BCUT2D eigenvalue weighted by Gasteiger charge is 2.32. The van der Waals surface area contributed by atoms with E-state index in [0.29, 0.717) is 79.0 Å². The van der Waals surface area contributed by atoms with Crippen molar-refractivity contribution in [2.24, 2.45) is 0 Å². The largest absolute Gasteiger partial charge is 0.493 e. The number of para-hydroxylation sites is 1. The van der Waals surface area contributed by atoms with Crippen molar-refractivity contribution in [2.45, 2.75) is 58.5 Å². The number of aromatic nitrogens is 3. The Balaban J connectivity index is 1.41. The van der Waals surface area contributed by atoms with E-state index in [1.807, 2.05) is 65.2 Å². The third-order valence-electron chi connectivity index (χ3n) is 7.96. The summed E-state index contributed by atoms with van der Waals surface area (Å²) in [6, 6.07) is 19.4. The normalized spacial score (nSPS) is 14.0. The molecule has 43 heavy (non-hydrogen) atoms. The van der Waals surface area contributed by atoms with Crippen LogP contribution in [0.25, 0.3) is 32.8 Å². The standard InChI is InChI=1S/C33H32F3N3O4/c1-21-29-26-13-7-12-24-25(14-8-18-43-28-15-6-10-22-9-2-3-11-23(22)28)31(32(40)41)38(30(24)26)16-4-5-17-42-19-27(29)39(37-21)20-33(34,35)36/h2-3,6-7,9-13,15H,4-5,8,14,16-20H2,1H3,(H,40,41). The lowest BCUT2D eigenvalue weighted by Crippen LogP contribution is -2.21. The maximum Gasteiger partial charge on any atom is 0.408 e. The minimum Gasteiger partial charge on any atom is -0.493 e. The molecule has 0 saturated carbocycles. The maximum atomic E-state index is 13.5. The van der Waals surface area contributed by atoms with Gasteiger partial charge in [0.05, 0.1) is 30.1 Å². The van der Waals surface area contributed by atoms with E-state index < -0.39 is 18.7 Å². The fourth-order valence-corrected chi connectivity index (χ4v) is 6.23. The third kappa shape index (κ3) is 5.71. The van der Waals surface area contributed by atoms with Crippen molar-refractivity contribution in [3.63, 3.8) is 0 Å². The Morgan fingerprint density at radius 1 is 1.05 bits per heavy atom. The van der Waals surface area contributed by atoms with Crippen LogP contribution in [0, 0.1) is 6.92 Å². The van der Waals surface area contributed by atoms with Crippen LogP contribution in [0.2, 0.25) is 0 Å². The molecule has 7 nitrogen and oxygen atoms in total. The first-order chi connectivity index (χ1) is 20.7. The summed E-state index contributed by atoms with van der Waals surface area (Å²) in [5, 5.41) is 17.6. The number of halogens is 3. The molecule has 0 bridgehead atoms. The van der Waals surface area contributed by atoms with Crippen molar-refractivity contribution in [3.8, 4) is 16.9 Å². The Hall–Kier alpha value is -4.31. The van der Waals surface area contributed by atoms with E-state index in [0.717, 1.165) is 26.6 Å². The fourth-order valence-electron chi connectivity index (χ4n) is 6.23. The quantitative estimate of drug-likeness (QED) is 0.198. The summed E-state index contributed by atoms with van der Waals surface area (Å²) in [5.41, 5.74) is 3.57. The number of aromatic carboxylic acids is 1. The van der Waals surface area contributed by atoms with E-state index in [1.165, 1.54) is 0 Å². The van der Waals surface area contributed by atoms with Gasteiger partial charge in [0, 0.05) is 35.1 Å². The van der Waals surface area contributed by atoms with Crippen LogP contribution in [0.15, 0.2) is 60.7 Å². The lowest BCUT2D eigenvalue weighted by atomic mass is 9.98. The molecule has 0 spiro atoms. The van der Waals surface area contributed by atoms with Crippen molar-refractivity contribution in [1.29, 1.82) is 0 Å². The number of hydrogen-bond donors (Lipinski definition) is 1. The predicted molar refractivity (Wildman–Crippen MR) is 158 cm³/mol. The van der Waals surface area contributed by atoms with Gasteiger partial charge in [0.2, 0.25) is 0 Å². The van der Waals surface area contributed by atoms with Crippen LogP contribution < -0.4 is 4.74 Å². The average molecular weight is 592 g/mol. The molecule has 3 aromatic carbocycles. The van der Waals surface area contributed by atoms with Gasteiger partial charge in [0.15, 0.2) is 0 Å². The summed E-state index contributed by atoms with van der Waals surface area (Å²) in [4.78, 5) is 12.8. The first-order valence-electron chi connectivity index (χ1n) is 14.4. The number of carbonyl (C=O) groups is 1. The highest BCUT2D eigenvalue weighted by Crippen LogP contribution is 2.39. The zero-order chi connectivity index (χ0) is 30.1. The summed E-state index contributed by atoms with van der Waals surface area (Å²) in [6.07, 6.45) is -2.12. The molecule has 0 radical (unpaired) electrons. The van der Waals surface area contributed by atoms with Crippen molar-refractivity contribution < 1.29 is 32.5 Å². The van der Waals surface area contributed by atoms with Gasteiger partial charge in [0.25, 0.3) is 0 Å². The Morgan fingerprint density at radius 2 is 1.81 bits per heavy atom. The Morgan fingerprint density at radius 3 is 2.63 bits per heavy atom. The van der Waals surface area contributed by atoms with Crippen LogP contribution in [0.1, 0.15) is 46.7 Å². The van der Waals surface area contributed by atoms with E-state index in [1.54, 1.807) is 6.92 Å². The zero-order valence-corrected chi connectivity index (χ0v) is 23.8. The molecule has 6 rings (SSSR count). The minimum atomic E-state index is -4.46. The molecule has 1 N–H and O–H groups in total. The fraction of sp³-hybridized carbons (Fsp3) is 0.333. The number of nitrogens with zero attached hydrogens (tertiary/aromatic N) is 3. The molecule has 3 heterocycles. The van der Waals surface area contributed by atoms with Crippen LogP contribution >= 0.6 is 0 Å². The summed E-state index contributed by atoms with van der Waals surface area (Å²) in [5.74, 6) is -0.264. The lowest BCUT2D eigenvalue weighted by molar-refractivity contribution is -0.143. The second kappa shape index (κ2) is 11.8. The van der Waals surface area contributed by atoms with Crippen molar-refractivity contribution in [2.75, 3.05) is 13.2 Å². The SMILES string of the molecule is Cc1nn(CC(F)(F)F)c2c1-c1cccc3c(CCCOc4cccc5ccccc45)c(C(=O)O)n(c13)CCCCOC2. The molecule has 0 amide bonds. The lowest BCUT2D eigenvalue weighted by Gasteiger charge is -2.13. The molecule has 1 aliphatic rings. The number of rotatable bonds is 7. The molecule has 2 aromatic heterocycles. The molecular weight excluding hydrogens is 559 g/mol. The van der Waals surface area contributed by atoms with E-state index in [2.05, 4.69) is 5.10 Å². The number of alkyl halides is 3. The topological polar surface area (TPSA) is 78.5 Å². The number of ether oxygens (including phenoxy) is 2. The van der Waals surface area contributed by atoms with E-state index >= 15 is 0 Å². The molecule has 10 heteroatoms. The van der Waals surface area contributed by atoms with Gasteiger partial charge in [0.1, 0.15) is 18.0 Å². The first-order valence-corrected chi connectivity index (χ1v) is 14.4. The zero-order valence-electron chi connectivity index (χ0n) is 23.8. The summed E-state index contributed by atoms with van der Waals surface area (Å²) < 4.78 is 55.2. The van der Waals surface area contributed by atoms with Crippen molar-refractivity contribution in [3.05, 3.63) is 83.3 Å². The molecule has 0 aliphatic carbocycles. The number of fused-ring (bicyclic) bond motifs is 3. The van der Waals surface area contributed by atoms with Gasteiger partial charge in [-0.3, -0.25) is 4.68 Å². The van der Waals surface area contributed by atoms with Crippen LogP contribution in [0.3, 0.4) is 0 Å². The molecule has 0 unspecified atom stereocenters. The van der Waals surface area contributed by atoms with Gasteiger partial charge in [-0.1, -0.05) is 54.6 Å². The Bertz CT molecular complexity index is 1800. The van der Waals surface area contributed by atoms with Gasteiger partial charge in [-0.15, -0.1) is 0 Å². The van der Waals surface area contributed by atoms with Gasteiger partial charge < -0.3 is 19.1 Å². The van der Waals surface area contributed by atoms with E-state index in [4.69, 9.17) is 9.47 Å². The highest BCUT2D eigenvalue weighted by atomic mass is 19.4. The molecule has 0 fully saturated rings. The monoisotopic (exact) mass is 591 g/mol. The third-order valence-corrected chi connectivity index (χ3v) is 7.96. The minimum absolute atomic E-state index is 0.0203. The van der Waals surface area contributed by atoms with E-state index in [-0.39, 0.29) is 12.3 Å². The van der Waals surface area contributed by atoms with Gasteiger partial charge >= 0.3 is 12.1 Å². The van der Waals surface area contributed by atoms with Crippen LogP contribution in [-0.4, -0.2) is 44.8 Å². The number of hydrogen-bond acceptors (Lipinski definition) is 4. The highest BCUT2D eigenvalue weighted by molar-refractivity contribution is 6.04. The smallest absolute Gasteiger partial charge is 0.408 e. The summed E-state index contributed by atoms with van der Waals surface area (Å²) in [7, 11) is 0. The van der Waals surface area contributed by atoms with Crippen molar-refractivity contribution >= 4 is 27.6 Å². The number of aryl methyl sites for hydroxylation is 3. The number of benzene rings is 3. The number of carboxylic acids is 1. The first kappa shape index (κ1) is 28.8. The molecular formula is C33H32F3N3O4. The second-order valence-corrected chi connectivity index (χ2v) is 10.9. The van der Waals surface area contributed by atoms with Crippen LogP contribution in [0.5, 0.6) is 5.75 Å². The van der Waals surface area contributed by atoms with Crippen molar-refractivity contribution in [1.82, 2.24) is 14.3 Å². The Kier molecular flexibility index (Phi) is 7.87. The van der Waals surface area contributed by atoms with Crippen LogP contribution in [0.4, 0.5) is 13.2 Å². The van der Waals surface area contributed by atoms with E-state index in [9.17, 15) is 23.1 Å². The predicted octanol–water partition coefficient (Wildman–Crippen LogP) is 7.55. The van der Waals surface area contributed by atoms with Crippen LogP contribution in [-0.2, 0) is 30.9 Å². The van der Waals surface area contributed by atoms with Gasteiger partial charge in [-0.05, 0) is 49.6 Å². The van der Waals surface area contributed by atoms with Gasteiger partial charge in [-0.2, -0.15) is 18.3 Å². The molecule has 5 aromatic rings. The molecule has 0 saturated heterocycles. The summed E-state index contributed by atoms with van der Waals surface area (Å²) >= 11 is 0. The second-order valence-electron chi connectivity index (χ2n) is 10.9. The molecule has 224 valence electrons. The van der Waals surface area contributed by atoms with Gasteiger partial charge in [-0.25, -0.2) is 4.79 Å². The Labute approximate surface area is 246 Å². The summed E-state index contributed by atoms with van der Waals surface area (Å²) in [6.45, 7) is 1.61. The molecule has 0 atom stereocenters. The molecule has 1 aliphatic heterocycles. The number of carboxylic acid groups (broad SMARTS) is 1. The average Bonchev–Trinajstić information content (AvgIpc) is 3.43.